The Balaban J connectivity index is 1.94. The van der Waals surface area contributed by atoms with E-state index < -0.39 is 0 Å². The largest absolute Gasteiger partial charge is 0.355 e. The third kappa shape index (κ3) is 2.51. The third-order valence-electron chi connectivity index (χ3n) is 3.64. The predicted octanol–water partition coefficient (Wildman–Crippen LogP) is 3.02. The predicted molar refractivity (Wildman–Crippen MR) is 67.9 cm³/mol. The van der Waals surface area contributed by atoms with E-state index in [1.807, 2.05) is 24.0 Å². The summed E-state index contributed by atoms with van der Waals surface area (Å²) in [5.74, 6) is 1.69. The molecule has 1 aromatic rings. The minimum Gasteiger partial charge on any atom is -0.355 e. The first-order chi connectivity index (χ1) is 7.76. The number of anilines is 1. The van der Waals surface area contributed by atoms with E-state index >= 15 is 0 Å². The molecule has 16 heavy (non-hydrogen) atoms. The Morgan fingerprint density at radius 1 is 1.44 bits per heavy atom. The van der Waals surface area contributed by atoms with Gasteiger partial charge in [0.05, 0.1) is 0 Å². The number of alkyl halides is 1. The smallest absolute Gasteiger partial charge is 0.202 e. The van der Waals surface area contributed by atoms with Crippen LogP contribution in [-0.2, 0) is 7.05 Å². The van der Waals surface area contributed by atoms with E-state index in [0.717, 1.165) is 18.4 Å². The zero-order chi connectivity index (χ0) is 11.4. The standard InChI is InChI=1S/C12H20ClN3/c1-16-8-7-14-11(16)15-10-12(9-13)5-3-2-4-6-12/h7-8H,2-6,9-10H2,1H3,(H,14,15). The zero-order valence-electron chi connectivity index (χ0n) is 9.88. The van der Waals surface area contributed by atoms with Crippen LogP contribution >= 0.6 is 11.6 Å². The summed E-state index contributed by atoms with van der Waals surface area (Å²) < 4.78 is 2.00. The van der Waals surface area contributed by atoms with Gasteiger partial charge in [-0.05, 0) is 12.8 Å². The van der Waals surface area contributed by atoms with E-state index in [1.54, 1.807) is 0 Å². The van der Waals surface area contributed by atoms with Crippen LogP contribution in [0, 0.1) is 5.41 Å². The molecule has 1 saturated carbocycles. The normalized spacial score (nSPS) is 19.6. The number of nitrogens with zero attached hydrogens (tertiary/aromatic N) is 2. The number of imidazole rings is 1. The number of rotatable bonds is 4. The molecule has 0 aromatic carbocycles. The quantitative estimate of drug-likeness (QED) is 0.822. The first-order valence-electron chi connectivity index (χ1n) is 6.03. The van der Waals surface area contributed by atoms with Gasteiger partial charge in [-0.3, -0.25) is 0 Å². The monoisotopic (exact) mass is 241 g/mol. The fourth-order valence-corrected chi connectivity index (χ4v) is 2.82. The Bertz CT molecular complexity index is 329. The van der Waals surface area contributed by atoms with Crippen molar-refractivity contribution in [2.75, 3.05) is 17.7 Å². The van der Waals surface area contributed by atoms with Gasteiger partial charge < -0.3 is 9.88 Å². The van der Waals surface area contributed by atoms with Crippen LogP contribution in [0.1, 0.15) is 32.1 Å². The minimum atomic E-state index is 0.283. The van der Waals surface area contributed by atoms with Gasteiger partial charge in [0.1, 0.15) is 0 Å². The first kappa shape index (κ1) is 11.8. The molecule has 2 rings (SSSR count). The van der Waals surface area contributed by atoms with Crippen molar-refractivity contribution in [1.82, 2.24) is 9.55 Å². The number of hydrogen-bond donors (Lipinski definition) is 1. The highest BCUT2D eigenvalue weighted by atomic mass is 35.5. The zero-order valence-corrected chi connectivity index (χ0v) is 10.6. The van der Waals surface area contributed by atoms with E-state index in [2.05, 4.69) is 10.3 Å². The number of halogens is 1. The molecule has 4 heteroatoms. The van der Waals surface area contributed by atoms with Crippen LogP contribution < -0.4 is 5.32 Å². The lowest BCUT2D eigenvalue weighted by Gasteiger charge is -2.35. The molecule has 1 heterocycles. The summed E-state index contributed by atoms with van der Waals surface area (Å²) in [5, 5.41) is 3.42. The molecule has 0 unspecified atom stereocenters. The highest BCUT2D eigenvalue weighted by molar-refractivity contribution is 6.18. The fourth-order valence-electron chi connectivity index (χ4n) is 2.46. The molecule has 0 radical (unpaired) electrons. The fraction of sp³-hybridized carbons (Fsp3) is 0.750. The first-order valence-corrected chi connectivity index (χ1v) is 6.56. The lowest BCUT2D eigenvalue weighted by atomic mass is 9.75. The average Bonchev–Trinajstić information content (AvgIpc) is 2.74. The summed E-state index contributed by atoms with van der Waals surface area (Å²) in [6, 6.07) is 0. The molecule has 1 aliphatic carbocycles. The summed E-state index contributed by atoms with van der Waals surface area (Å²) in [6.45, 7) is 0.946. The Morgan fingerprint density at radius 2 is 2.19 bits per heavy atom. The molecule has 90 valence electrons. The third-order valence-corrected chi connectivity index (χ3v) is 4.21. The Morgan fingerprint density at radius 3 is 2.75 bits per heavy atom. The van der Waals surface area contributed by atoms with Gasteiger partial charge >= 0.3 is 0 Å². The second-order valence-corrected chi connectivity index (χ2v) is 5.18. The van der Waals surface area contributed by atoms with Crippen molar-refractivity contribution in [1.29, 1.82) is 0 Å². The van der Waals surface area contributed by atoms with E-state index in [9.17, 15) is 0 Å². The number of aryl methyl sites for hydroxylation is 1. The van der Waals surface area contributed by atoms with E-state index in [1.165, 1.54) is 32.1 Å². The maximum atomic E-state index is 6.15. The second-order valence-electron chi connectivity index (χ2n) is 4.91. The molecule has 3 nitrogen and oxygen atoms in total. The van der Waals surface area contributed by atoms with Gasteiger partial charge in [0.2, 0.25) is 5.95 Å². The molecule has 0 aliphatic heterocycles. The molecule has 1 N–H and O–H groups in total. The Kier molecular flexibility index (Phi) is 3.74. The molecular weight excluding hydrogens is 222 g/mol. The van der Waals surface area contributed by atoms with Crippen molar-refractivity contribution in [2.24, 2.45) is 12.5 Å². The van der Waals surface area contributed by atoms with Crippen molar-refractivity contribution in [3.8, 4) is 0 Å². The molecule has 0 saturated heterocycles. The second kappa shape index (κ2) is 5.09. The lowest BCUT2D eigenvalue weighted by molar-refractivity contribution is 0.237. The molecule has 0 amide bonds. The molecule has 0 atom stereocenters. The van der Waals surface area contributed by atoms with Crippen LogP contribution in [0.4, 0.5) is 5.95 Å². The minimum absolute atomic E-state index is 0.283. The summed E-state index contributed by atoms with van der Waals surface area (Å²) in [6.07, 6.45) is 10.2. The van der Waals surface area contributed by atoms with Crippen LogP contribution in [0.3, 0.4) is 0 Å². The Hall–Kier alpha value is -0.700. The summed E-state index contributed by atoms with van der Waals surface area (Å²) in [5.41, 5.74) is 0.283. The van der Waals surface area contributed by atoms with Crippen molar-refractivity contribution >= 4 is 17.5 Å². The summed E-state index contributed by atoms with van der Waals surface area (Å²) >= 11 is 6.15. The summed E-state index contributed by atoms with van der Waals surface area (Å²) in [7, 11) is 2.00. The molecule has 0 bridgehead atoms. The molecular formula is C12H20ClN3. The molecule has 1 aliphatic rings. The molecule has 0 spiro atoms. The van der Waals surface area contributed by atoms with Gasteiger partial charge in [-0.15, -0.1) is 11.6 Å². The van der Waals surface area contributed by atoms with Gasteiger partial charge in [0.15, 0.2) is 0 Å². The maximum Gasteiger partial charge on any atom is 0.202 e. The van der Waals surface area contributed by atoms with E-state index in [4.69, 9.17) is 11.6 Å². The van der Waals surface area contributed by atoms with Crippen molar-refractivity contribution in [3.63, 3.8) is 0 Å². The van der Waals surface area contributed by atoms with Crippen molar-refractivity contribution in [2.45, 2.75) is 32.1 Å². The van der Waals surface area contributed by atoms with Crippen LogP contribution in [0.25, 0.3) is 0 Å². The van der Waals surface area contributed by atoms with Gasteiger partial charge in [-0.1, -0.05) is 19.3 Å². The molecule has 1 fully saturated rings. The SMILES string of the molecule is Cn1ccnc1NCC1(CCl)CCCCC1. The van der Waals surface area contributed by atoms with Gasteiger partial charge in [-0.2, -0.15) is 0 Å². The average molecular weight is 242 g/mol. The van der Waals surface area contributed by atoms with E-state index in [-0.39, 0.29) is 5.41 Å². The van der Waals surface area contributed by atoms with Crippen LogP contribution in [-0.4, -0.2) is 22.0 Å². The van der Waals surface area contributed by atoms with Crippen LogP contribution in [0.5, 0.6) is 0 Å². The van der Waals surface area contributed by atoms with Gasteiger partial charge in [-0.25, -0.2) is 4.98 Å². The van der Waals surface area contributed by atoms with Crippen molar-refractivity contribution in [3.05, 3.63) is 12.4 Å². The van der Waals surface area contributed by atoms with Gasteiger partial charge in [0, 0.05) is 37.3 Å². The lowest BCUT2D eigenvalue weighted by Crippen LogP contribution is -2.34. The summed E-state index contributed by atoms with van der Waals surface area (Å²) in [4.78, 5) is 4.27. The number of hydrogen-bond acceptors (Lipinski definition) is 2. The highest BCUT2D eigenvalue weighted by Crippen LogP contribution is 2.37. The van der Waals surface area contributed by atoms with Crippen LogP contribution in [0.15, 0.2) is 12.4 Å². The highest BCUT2D eigenvalue weighted by Gasteiger charge is 2.31. The Labute approximate surface area is 102 Å². The molecule has 1 aromatic heterocycles. The maximum absolute atomic E-state index is 6.15. The van der Waals surface area contributed by atoms with Crippen molar-refractivity contribution < 1.29 is 0 Å². The van der Waals surface area contributed by atoms with Crippen LogP contribution in [0.2, 0.25) is 0 Å². The van der Waals surface area contributed by atoms with Gasteiger partial charge in [0.25, 0.3) is 0 Å². The topological polar surface area (TPSA) is 29.9 Å². The van der Waals surface area contributed by atoms with E-state index in [0.29, 0.717) is 0 Å². The number of nitrogens with one attached hydrogen (secondary N) is 1. The number of aromatic nitrogens is 2.